The fraction of sp³-hybridized carbons (Fsp3) is 0.667. The van der Waals surface area contributed by atoms with Crippen molar-refractivity contribution in [3.63, 3.8) is 0 Å². The molecule has 1 aliphatic carbocycles. The average Bonchev–Trinajstić information content (AvgIpc) is 2.84. The van der Waals surface area contributed by atoms with Crippen LogP contribution in [-0.2, 0) is 0 Å². The molecular formula is C18H30N2. The standard InChI is InChI=1S/C18H30N2/c1-5-7-9-18(20(4)15-12-14(3)13-15)16-10-11-19-17(16)8-6-2/h8,10-11,14-15,19H,5-7,9,12-13H2,1-4H3/b17-8-,18-16+/t14-,15-. The monoisotopic (exact) mass is 274 g/mol. The van der Waals surface area contributed by atoms with E-state index < -0.39 is 0 Å². The smallest absolute Gasteiger partial charge is 0.0430 e. The zero-order valence-electron chi connectivity index (χ0n) is 13.6. The highest BCUT2D eigenvalue weighted by atomic mass is 15.1. The van der Waals surface area contributed by atoms with Gasteiger partial charge in [-0.15, -0.1) is 0 Å². The molecule has 1 aromatic rings. The van der Waals surface area contributed by atoms with Crippen LogP contribution in [0.5, 0.6) is 0 Å². The molecule has 112 valence electrons. The molecule has 1 fully saturated rings. The third-order valence-corrected chi connectivity index (χ3v) is 4.59. The molecule has 0 bridgehead atoms. The molecule has 2 rings (SSSR count). The molecular weight excluding hydrogens is 244 g/mol. The molecule has 0 amide bonds. The summed E-state index contributed by atoms with van der Waals surface area (Å²) in [5.74, 6) is 0.905. The van der Waals surface area contributed by atoms with Gasteiger partial charge in [0.2, 0.25) is 0 Å². The fourth-order valence-electron chi connectivity index (χ4n) is 3.25. The van der Waals surface area contributed by atoms with E-state index in [4.69, 9.17) is 0 Å². The van der Waals surface area contributed by atoms with Crippen molar-refractivity contribution in [2.45, 2.75) is 65.3 Å². The van der Waals surface area contributed by atoms with Crippen LogP contribution >= 0.6 is 0 Å². The molecule has 1 aromatic heterocycles. The maximum absolute atomic E-state index is 3.40. The Hall–Kier alpha value is -1.18. The minimum Gasteiger partial charge on any atom is -0.374 e. The van der Waals surface area contributed by atoms with Crippen LogP contribution in [-0.4, -0.2) is 23.0 Å². The zero-order chi connectivity index (χ0) is 14.5. The molecule has 0 spiro atoms. The van der Waals surface area contributed by atoms with Gasteiger partial charge in [0.15, 0.2) is 0 Å². The molecule has 0 aromatic carbocycles. The van der Waals surface area contributed by atoms with Crippen molar-refractivity contribution in [1.29, 1.82) is 0 Å². The van der Waals surface area contributed by atoms with Gasteiger partial charge in [-0.25, -0.2) is 0 Å². The van der Waals surface area contributed by atoms with E-state index in [0.717, 1.165) is 18.4 Å². The lowest BCUT2D eigenvalue weighted by molar-refractivity contribution is 0.157. The van der Waals surface area contributed by atoms with E-state index in [1.165, 1.54) is 48.4 Å². The molecule has 0 aliphatic heterocycles. The molecule has 1 saturated carbocycles. The normalized spacial score (nSPS) is 24.5. The molecule has 1 aliphatic rings. The van der Waals surface area contributed by atoms with Crippen molar-refractivity contribution >= 4 is 11.8 Å². The molecule has 1 heterocycles. The number of nitrogens with zero attached hydrogens (tertiary/aromatic N) is 1. The largest absolute Gasteiger partial charge is 0.374 e. The van der Waals surface area contributed by atoms with Crippen molar-refractivity contribution in [1.82, 2.24) is 9.88 Å². The number of unbranched alkanes of at least 4 members (excludes halogenated alkanes) is 1. The lowest BCUT2D eigenvalue weighted by Crippen LogP contribution is -2.43. The Morgan fingerprint density at radius 1 is 1.40 bits per heavy atom. The van der Waals surface area contributed by atoms with Gasteiger partial charge >= 0.3 is 0 Å². The molecule has 20 heavy (non-hydrogen) atoms. The van der Waals surface area contributed by atoms with Crippen LogP contribution in [0.25, 0.3) is 11.8 Å². The number of aromatic amines is 1. The van der Waals surface area contributed by atoms with Crippen molar-refractivity contribution < 1.29 is 0 Å². The summed E-state index contributed by atoms with van der Waals surface area (Å²) in [6.45, 7) is 6.84. The van der Waals surface area contributed by atoms with E-state index in [1.807, 2.05) is 0 Å². The van der Waals surface area contributed by atoms with E-state index >= 15 is 0 Å². The second-order valence-corrected chi connectivity index (χ2v) is 6.31. The van der Waals surface area contributed by atoms with E-state index in [1.54, 1.807) is 0 Å². The SMILES string of the molecule is CC/C=c1\[nH]cc\c1=C(\CCCC)N(C)[C@H]1C[C@H](C)C1. The van der Waals surface area contributed by atoms with Crippen LogP contribution in [0, 0.1) is 5.92 Å². The number of hydrogen-bond acceptors (Lipinski definition) is 1. The first-order valence-corrected chi connectivity index (χ1v) is 8.26. The number of aromatic nitrogens is 1. The van der Waals surface area contributed by atoms with Crippen LogP contribution in [0.1, 0.15) is 59.3 Å². The Labute approximate surface area is 123 Å². The summed E-state index contributed by atoms with van der Waals surface area (Å²) in [6.07, 6.45) is 11.9. The Morgan fingerprint density at radius 2 is 2.15 bits per heavy atom. The van der Waals surface area contributed by atoms with Crippen LogP contribution < -0.4 is 10.6 Å². The number of hydrogen-bond donors (Lipinski definition) is 1. The summed E-state index contributed by atoms with van der Waals surface area (Å²) in [4.78, 5) is 5.96. The third-order valence-electron chi connectivity index (χ3n) is 4.59. The van der Waals surface area contributed by atoms with E-state index in [0.29, 0.717) is 0 Å². The second kappa shape index (κ2) is 7.01. The van der Waals surface area contributed by atoms with Gasteiger partial charge in [0.05, 0.1) is 0 Å². The first kappa shape index (κ1) is 15.2. The molecule has 0 atom stereocenters. The number of rotatable bonds is 6. The lowest BCUT2D eigenvalue weighted by Gasteiger charge is -2.42. The number of nitrogens with one attached hydrogen (secondary N) is 1. The van der Waals surface area contributed by atoms with E-state index in [9.17, 15) is 0 Å². The first-order valence-electron chi connectivity index (χ1n) is 8.26. The highest BCUT2D eigenvalue weighted by Gasteiger charge is 2.29. The van der Waals surface area contributed by atoms with Crippen molar-refractivity contribution in [3.8, 4) is 0 Å². The predicted octanol–water partition coefficient (Wildman–Crippen LogP) is 3.23. The van der Waals surface area contributed by atoms with Crippen LogP contribution in [0.2, 0.25) is 0 Å². The van der Waals surface area contributed by atoms with Gasteiger partial charge in [0, 0.05) is 35.6 Å². The predicted molar refractivity (Wildman–Crippen MR) is 87.7 cm³/mol. The average molecular weight is 274 g/mol. The molecule has 2 heteroatoms. The van der Waals surface area contributed by atoms with Gasteiger partial charge in [0.1, 0.15) is 0 Å². The van der Waals surface area contributed by atoms with Crippen molar-refractivity contribution in [2.75, 3.05) is 7.05 Å². The second-order valence-electron chi connectivity index (χ2n) is 6.31. The maximum Gasteiger partial charge on any atom is 0.0430 e. The summed E-state index contributed by atoms with van der Waals surface area (Å²) >= 11 is 0. The van der Waals surface area contributed by atoms with E-state index in [-0.39, 0.29) is 0 Å². The Balaban J connectivity index is 2.35. The maximum atomic E-state index is 3.40. The quantitative estimate of drug-likeness (QED) is 0.844. The zero-order valence-corrected chi connectivity index (χ0v) is 13.6. The van der Waals surface area contributed by atoms with Crippen molar-refractivity contribution in [2.24, 2.45) is 5.92 Å². The van der Waals surface area contributed by atoms with Crippen molar-refractivity contribution in [3.05, 3.63) is 22.8 Å². The van der Waals surface area contributed by atoms with Gasteiger partial charge < -0.3 is 9.88 Å². The topological polar surface area (TPSA) is 19.0 Å². The van der Waals surface area contributed by atoms with Gasteiger partial charge in [-0.05, 0) is 44.1 Å². The molecule has 1 N–H and O–H groups in total. The summed E-state index contributed by atoms with van der Waals surface area (Å²) < 4.78 is 0. The molecule has 0 radical (unpaired) electrons. The van der Waals surface area contributed by atoms with E-state index in [2.05, 4.69) is 56.0 Å². The van der Waals surface area contributed by atoms with Crippen LogP contribution in [0.15, 0.2) is 12.3 Å². The highest BCUT2D eigenvalue weighted by Crippen LogP contribution is 2.33. The fourth-order valence-corrected chi connectivity index (χ4v) is 3.25. The minimum absolute atomic E-state index is 0.751. The molecule has 2 nitrogen and oxygen atoms in total. The number of H-pyrrole nitrogens is 1. The Kier molecular flexibility index (Phi) is 5.33. The van der Waals surface area contributed by atoms with Gasteiger partial charge in [-0.1, -0.05) is 33.3 Å². The van der Waals surface area contributed by atoms with Gasteiger partial charge in [0.25, 0.3) is 0 Å². The highest BCUT2D eigenvalue weighted by molar-refractivity contribution is 5.44. The molecule has 0 saturated heterocycles. The Morgan fingerprint density at radius 3 is 2.75 bits per heavy atom. The third kappa shape index (κ3) is 3.28. The van der Waals surface area contributed by atoms with Crippen LogP contribution in [0.3, 0.4) is 0 Å². The van der Waals surface area contributed by atoms with Gasteiger partial charge in [-0.2, -0.15) is 0 Å². The first-order chi connectivity index (χ1) is 9.67. The molecule has 0 unspecified atom stereocenters. The van der Waals surface area contributed by atoms with Crippen LogP contribution in [0.4, 0.5) is 0 Å². The Bertz CT molecular complexity index is 520. The lowest BCUT2D eigenvalue weighted by atomic mass is 9.80. The van der Waals surface area contributed by atoms with Gasteiger partial charge in [-0.3, -0.25) is 0 Å². The summed E-state index contributed by atoms with van der Waals surface area (Å²) in [5.41, 5.74) is 1.53. The minimum atomic E-state index is 0.751. The summed E-state index contributed by atoms with van der Waals surface area (Å²) in [6, 6.07) is 3.01. The summed E-state index contributed by atoms with van der Waals surface area (Å²) in [7, 11) is 2.30. The summed E-state index contributed by atoms with van der Waals surface area (Å²) in [5, 5.41) is 2.72.